The van der Waals surface area contributed by atoms with Crippen LogP contribution in [0.15, 0.2) is 60.8 Å². The molecule has 0 saturated carbocycles. The molecule has 0 atom stereocenters. The number of anilines is 2. The topological polar surface area (TPSA) is 70.7 Å². The van der Waals surface area contributed by atoms with Crippen LogP contribution in [0.3, 0.4) is 0 Å². The van der Waals surface area contributed by atoms with Gasteiger partial charge in [-0.15, -0.1) is 0 Å². The first kappa shape index (κ1) is 23.1. The molecule has 0 aromatic heterocycles. The van der Waals surface area contributed by atoms with Gasteiger partial charge in [0.15, 0.2) is 0 Å². The second-order valence-corrected chi connectivity index (χ2v) is 11.2. The minimum Gasteiger partial charge on any atom is -0.496 e. The van der Waals surface area contributed by atoms with Crippen molar-refractivity contribution in [3.8, 4) is 16.9 Å². The van der Waals surface area contributed by atoms with Crippen LogP contribution in [0, 0.1) is 0 Å². The normalized spacial score (nSPS) is 14.5. The predicted molar refractivity (Wildman–Crippen MR) is 138 cm³/mol. The number of nitrogens with zero attached hydrogens (tertiary/aromatic N) is 1. The Hall–Kier alpha value is -3.03. The summed E-state index contributed by atoms with van der Waals surface area (Å²) in [5.41, 5.74) is 4.77. The lowest BCUT2D eigenvalue weighted by molar-refractivity contribution is 0.399. The maximum atomic E-state index is 11.6. The molecule has 3 aromatic carbocycles. The van der Waals surface area contributed by atoms with Crippen molar-refractivity contribution in [2.24, 2.45) is 0 Å². The van der Waals surface area contributed by atoms with Crippen molar-refractivity contribution >= 4 is 32.2 Å². The highest BCUT2D eigenvalue weighted by Gasteiger charge is 2.24. The molecule has 0 unspecified atom stereocenters. The van der Waals surface area contributed by atoms with Crippen molar-refractivity contribution in [1.82, 2.24) is 5.32 Å². The molecule has 0 fully saturated rings. The molecule has 0 saturated heterocycles. The fourth-order valence-electron chi connectivity index (χ4n) is 4.14. The van der Waals surface area contributed by atoms with Gasteiger partial charge in [0.25, 0.3) is 0 Å². The molecule has 1 heterocycles. The van der Waals surface area contributed by atoms with E-state index in [4.69, 9.17) is 4.74 Å². The summed E-state index contributed by atoms with van der Waals surface area (Å²) in [7, 11) is -1.60. The number of ether oxygens (including phenoxy) is 1. The summed E-state index contributed by atoms with van der Waals surface area (Å²) in [6.07, 6.45) is 5.38. The molecule has 0 radical (unpaired) electrons. The van der Waals surface area contributed by atoms with E-state index in [0.717, 1.165) is 58.4 Å². The zero-order chi connectivity index (χ0) is 23.8. The van der Waals surface area contributed by atoms with Crippen LogP contribution in [0.2, 0.25) is 0 Å². The van der Waals surface area contributed by atoms with Gasteiger partial charge in [0.1, 0.15) is 5.75 Å². The molecule has 3 aromatic rings. The summed E-state index contributed by atoms with van der Waals surface area (Å²) < 4.78 is 31.7. The Morgan fingerprint density at radius 1 is 1.03 bits per heavy atom. The third-order valence-electron chi connectivity index (χ3n) is 5.70. The second kappa shape index (κ2) is 8.72. The highest BCUT2D eigenvalue weighted by atomic mass is 32.2. The Morgan fingerprint density at radius 3 is 2.39 bits per heavy atom. The van der Waals surface area contributed by atoms with Crippen molar-refractivity contribution in [2.45, 2.75) is 26.2 Å². The largest absolute Gasteiger partial charge is 0.496 e. The van der Waals surface area contributed by atoms with E-state index in [-0.39, 0.29) is 5.41 Å². The minimum atomic E-state index is -3.32. The van der Waals surface area contributed by atoms with Crippen LogP contribution in [-0.4, -0.2) is 35.0 Å². The van der Waals surface area contributed by atoms with Crippen LogP contribution < -0.4 is 19.7 Å². The third-order valence-corrected chi connectivity index (χ3v) is 6.31. The van der Waals surface area contributed by atoms with Crippen LogP contribution in [0.25, 0.3) is 21.9 Å². The van der Waals surface area contributed by atoms with Gasteiger partial charge in [-0.2, -0.15) is 0 Å². The zero-order valence-electron chi connectivity index (χ0n) is 19.8. The van der Waals surface area contributed by atoms with Crippen LogP contribution in [-0.2, 0) is 15.4 Å². The van der Waals surface area contributed by atoms with Crippen molar-refractivity contribution in [2.75, 3.05) is 36.2 Å². The number of hydrogen-bond acceptors (Lipinski definition) is 5. The van der Waals surface area contributed by atoms with E-state index < -0.39 is 10.0 Å². The van der Waals surface area contributed by atoms with Gasteiger partial charge >= 0.3 is 0 Å². The molecule has 0 spiro atoms. The molecule has 7 heteroatoms. The molecule has 0 amide bonds. The molecule has 0 aliphatic carbocycles. The van der Waals surface area contributed by atoms with Gasteiger partial charge in [-0.25, -0.2) is 8.42 Å². The Morgan fingerprint density at radius 2 is 1.76 bits per heavy atom. The average molecular weight is 466 g/mol. The van der Waals surface area contributed by atoms with Gasteiger partial charge < -0.3 is 9.64 Å². The zero-order valence-corrected chi connectivity index (χ0v) is 20.6. The first-order valence-electron chi connectivity index (χ1n) is 10.9. The first-order chi connectivity index (χ1) is 15.5. The van der Waals surface area contributed by atoms with Gasteiger partial charge in [-0.3, -0.25) is 10.0 Å². The summed E-state index contributed by atoms with van der Waals surface area (Å²) in [4.78, 5) is 2.20. The molecule has 174 valence electrons. The monoisotopic (exact) mass is 465 g/mol. The van der Waals surface area contributed by atoms with Crippen LogP contribution in [0.4, 0.5) is 11.4 Å². The van der Waals surface area contributed by atoms with Crippen molar-refractivity contribution in [3.63, 3.8) is 0 Å². The standard InChI is InChI=1S/C26H31N3O3S/c1-26(2,3)24-16-22(29-12-6-11-27-17-29)15-23(25(24)32-4)20-8-7-19-14-21(28-33(5,30)31)10-9-18(19)13-20/h6-10,12-16,27-28H,11,17H2,1-5H3. The second-order valence-electron chi connectivity index (χ2n) is 9.44. The molecule has 1 aliphatic heterocycles. The lowest BCUT2D eigenvalue weighted by Gasteiger charge is -2.30. The van der Waals surface area contributed by atoms with E-state index in [1.165, 1.54) is 0 Å². The van der Waals surface area contributed by atoms with E-state index in [0.29, 0.717) is 5.69 Å². The predicted octanol–water partition coefficient (Wildman–Crippen LogP) is 5.07. The minimum absolute atomic E-state index is 0.105. The molecule has 1 aliphatic rings. The summed E-state index contributed by atoms with van der Waals surface area (Å²) in [6.45, 7) is 8.20. The van der Waals surface area contributed by atoms with Gasteiger partial charge in [-0.05, 0) is 52.1 Å². The molecule has 4 rings (SSSR count). The molecule has 2 N–H and O–H groups in total. The third kappa shape index (κ3) is 5.15. The maximum absolute atomic E-state index is 11.6. The number of nitrogens with one attached hydrogen (secondary N) is 2. The Bertz CT molecular complexity index is 1320. The van der Waals surface area contributed by atoms with Crippen LogP contribution in [0.5, 0.6) is 5.75 Å². The van der Waals surface area contributed by atoms with E-state index in [2.05, 4.69) is 72.3 Å². The Labute approximate surface area is 196 Å². The van der Waals surface area contributed by atoms with Gasteiger partial charge in [0, 0.05) is 35.2 Å². The fourth-order valence-corrected chi connectivity index (χ4v) is 4.70. The van der Waals surface area contributed by atoms with E-state index in [9.17, 15) is 8.42 Å². The molecular weight excluding hydrogens is 434 g/mol. The smallest absolute Gasteiger partial charge is 0.229 e. The quantitative estimate of drug-likeness (QED) is 0.551. The molecule has 0 bridgehead atoms. The maximum Gasteiger partial charge on any atom is 0.229 e. The molecule has 33 heavy (non-hydrogen) atoms. The number of methoxy groups -OCH3 is 1. The lowest BCUT2D eigenvalue weighted by atomic mass is 9.83. The van der Waals surface area contributed by atoms with Crippen LogP contribution >= 0.6 is 0 Å². The average Bonchev–Trinajstić information content (AvgIpc) is 2.76. The Balaban J connectivity index is 1.86. The van der Waals surface area contributed by atoms with Gasteiger partial charge in [-0.1, -0.05) is 45.0 Å². The fraction of sp³-hybridized carbons (Fsp3) is 0.308. The van der Waals surface area contributed by atoms with Gasteiger partial charge in [0.2, 0.25) is 10.0 Å². The van der Waals surface area contributed by atoms with E-state index in [1.807, 2.05) is 18.2 Å². The highest BCUT2D eigenvalue weighted by molar-refractivity contribution is 7.92. The number of rotatable bonds is 5. The molecular formula is C26H31N3O3S. The van der Waals surface area contributed by atoms with Crippen LogP contribution in [0.1, 0.15) is 26.3 Å². The number of benzene rings is 3. The SMILES string of the molecule is COc1c(-c2ccc3cc(NS(C)(=O)=O)ccc3c2)cc(N2C=CCNC2)cc1C(C)(C)C. The van der Waals surface area contributed by atoms with E-state index in [1.54, 1.807) is 13.2 Å². The van der Waals surface area contributed by atoms with Gasteiger partial charge in [0.05, 0.1) is 20.0 Å². The Kier molecular flexibility index (Phi) is 6.12. The first-order valence-corrected chi connectivity index (χ1v) is 12.8. The summed E-state index contributed by atoms with van der Waals surface area (Å²) in [6, 6.07) is 16.1. The van der Waals surface area contributed by atoms with Crippen molar-refractivity contribution < 1.29 is 13.2 Å². The summed E-state index contributed by atoms with van der Waals surface area (Å²) in [5, 5.41) is 5.37. The number of fused-ring (bicyclic) bond motifs is 1. The number of hydrogen-bond donors (Lipinski definition) is 2. The van der Waals surface area contributed by atoms with Crippen molar-refractivity contribution in [1.29, 1.82) is 0 Å². The number of sulfonamides is 1. The van der Waals surface area contributed by atoms with E-state index >= 15 is 0 Å². The molecule has 6 nitrogen and oxygen atoms in total. The summed E-state index contributed by atoms with van der Waals surface area (Å²) >= 11 is 0. The highest BCUT2D eigenvalue weighted by Crippen LogP contribution is 2.43. The lowest BCUT2D eigenvalue weighted by Crippen LogP contribution is -2.34. The summed E-state index contributed by atoms with van der Waals surface area (Å²) in [5.74, 6) is 0.870. The van der Waals surface area contributed by atoms with Crippen molar-refractivity contribution in [3.05, 3.63) is 66.4 Å².